The van der Waals surface area contributed by atoms with Crippen LogP contribution in [0.15, 0.2) is 71.2 Å². The van der Waals surface area contributed by atoms with E-state index < -0.39 is 5.97 Å². The Balaban J connectivity index is 1.74. The van der Waals surface area contributed by atoms with Crippen LogP contribution < -0.4 is 4.74 Å². The lowest BCUT2D eigenvalue weighted by atomic mass is 10.0. The third kappa shape index (κ3) is 5.68. The van der Waals surface area contributed by atoms with Gasteiger partial charge >= 0.3 is 5.97 Å². The normalized spacial score (nSPS) is 11.0. The molecule has 0 aliphatic carbocycles. The fourth-order valence-corrected chi connectivity index (χ4v) is 3.73. The van der Waals surface area contributed by atoms with Crippen molar-refractivity contribution < 1.29 is 14.6 Å². The monoisotopic (exact) mass is 559 g/mol. The fourth-order valence-electron chi connectivity index (χ4n) is 2.63. The molecule has 3 aromatic rings. The zero-order valence-corrected chi connectivity index (χ0v) is 18.8. The minimum absolute atomic E-state index is 0.248. The molecule has 0 saturated heterocycles. The molecule has 4 nitrogen and oxygen atoms in total. The summed E-state index contributed by atoms with van der Waals surface area (Å²) in [6, 6.07) is 22.2. The molecular weight excluding hydrogens is 545 g/mol. The van der Waals surface area contributed by atoms with E-state index in [4.69, 9.17) is 9.84 Å². The Morgan fingerprint density at radius 1 is 1.10 bits per heavy atom. The summed E-state index contributed by atoms with van der Waals surface area (Å²) in [5.41, 5.74) is 3.47. The van der Waals surface area contributed by atoms with E-state index in [1.54, 1.807) is 24.3 Å². The molecule has 0 spiro atoms. The number of carboxylic acid groups (broad SMARTS) is 1. The SMILES string of the molecule is N#C/C(=C/c1ccc(OCc2ccc(C(=O)O)cc2)c(I)c1)c1cccc(Br)c1. The van der Waals surface area contributed by atoms with Crippen LogP contribution in [0.4, 0.5) is 0 Å². The van der Waals surface area contributed by atoms with E-state index in [1.807, 2.05) is 48.5 Å². The first-order valence-electron chi connectivity index (χ1n) is 8.58. The van der Waals surface area contributed by atoms with Crippen LogP contribution in [0.2, 0.25) is 0 Å². The van der Waals surface area contributed by atoms with Gasteiger partial charge in [-0.1, -0.05) is 46.3 Å². The number of allylic oxidation sites excluding steroid dienone is 1. The first-order chi connectivity index (χ1) is 14.0. The number of carbonyl (C=O) groups is 1. The van der Waals surface area contributed by atoms with E-state index in [0.29, 0.717) is 12.2 Å². The fraction of sp³-hybridized carbons (Fsp3) is 0.0435. The van der Waals surface area contributed by atoms with Crippen molar-refractivity contribution in [2.75, 3.05) is 0 Å². The van der Waals surface area contributed by atoms with E-state index in [-0.39, 0.29) is 5.56 Å². The van der Waals surface area contributed by atoms with Gasteiger partial charge in [0.2, 0.25) is 0 Å². The highest BCUT2D eigenvalue weighted by molar-refractivity contribution is 14.1. The second-order valence-electron chi connectivity index (χ2n) is 6.16. The highest BCUT2D eigenvalue weighted by Gasteiger charge is 2.07. The molecule has 0 atom stereocenters. The molecule has 3 aromatic carbocycles. The molecular formula is C23H15BrINO3. The van der Waals surface area contributed by atoms with Crippen molar-refractivity contribution in [3.63, 3.8) is 0 Å². The van der Waals surface area contributed by atoms with Crippen LogP contribution in [0.3, 0.4) is 0 Å². The summed E-state index contributed by atoms with van der Waals surface area (Å²) in [7, 11) is 0. The van der Waals surface area contributed by atoms with Crippen molar-refractivity contribution >= 4 is 56.1 Å². The van der Waals surface area contributed by atoms with Gasteiger partial charge in [0.15, 0.2) is 0 Å². The van der Waals surface area contributed by atoms with E-state index in [1.165, 1.54) is 0 Å². The number of nitriles is 1. The Labute approximate surface area is 190 Å². The molecule has 0 aromatic heterocycles. The Bertz CT molecular complexity index is 1120. The molecule has 0 aliphatic rings. The number of aromatic carboxylic acids is 1. The van der Waals surface area contributed by atoms with E-state index in [9.17, 15) is 10.1 Å². The number of nitrogens with zero attached hydrogens (tertiary/aromatic N) is 1. The number of ether oxygens (including phenoxy) is 1. The number of rotatable bonds is 6. The van der Waals surface area contributed by atoms with Crippen LogP contribution in [-0.4, -0.2) is 11.1 Å². The summed E-state index contributed by atoms with van der Waals surface area (Å²) < 4.78 is 7.71. The minimum Gasteiger partial charge on any atom is -0.488 e. The van der Waals surface area contributed by atoms with Crippen molar-refractivity contribution in [3.05, 3.63) is 97.0 Å². The maximum atomic E-state index is 10.9. The van der Waals surface area contributed by atoms with Crippen LogP contribution in [0, 0.1) is 14.9 Å². The molecule has 0 unspecified atom stereocenters. The number of hydrogen-bond donors (Lipinski definition) is 1. The summed E-state index contributed by atoms with van der Waals surface area (Å²) in [5, 5.41) is 18.5. The molecule has 6 heteroatoms. The zero-order chi connectivity index (χ0) is 20.8. The number of hydrogen-bond acceptors (Lipinski definition) is 3. The Morgan fingerprint density at radius 3 is 2.48 bits per heavy atom. The second-order valence-corrected chi connectivity index (χ2v) is 8.24. The third-order valence-corrected chi connectivity index (χ3v) is 5.45. The van der Waals surface area contributed by atoms with Crippen molar-refractivity contribution in [2.24, 2.45) is 0 Å². The Hall–Kier alpha value is -2.63. The average Bonchev–Trinajstić information content (AvgIpc) is 2.71. The van der Waals surface area contributed by atoms with E-state index in [0.717, 1.165) is 30.5 Å². The highest BCUT2D eigenvalue weighted by atomic mass is 127. The smallest absolute Gasteiger partial charge is 0.335 e. The number of halogens is 2. The molecule has 0 amide bonds. The summed E-state index contributed by atoms with van der Waals surface area (Å²) in [4.78, 5) is 10.9. The van der Waals surface area contributed by atoms with Gasteiger partial charge in [0.25, 0.3) is 0 Å². The lowest BCUT2D eigenvalue weighted by Crippen LogP contribution is -1.99. The van der Waals surface area contributed by atoms with Crippen LogP contribution in [-0.2, 0) is 6.61 Å². The van der Waals surface area contributed by atoms with Gasteiger partial charge in [-0.25, -0.2) is 4.79 Å². The van der Waals surface area contributed by atoms with Crippen molar-refractivity contribution in [3.8, 4) is 11.8 Å². The lowest BCUT2D eigenvalue weighted by molar-refractivity contribution is 0.0697. The molecule has 29 heavy (non-hydrogen) atoms. The Morgan fingerprint density at radius 2 is 1.86 bits per heavy atom. The van der Waals surface area contributed by atoms with E-state index in [2.05, 4.69) is 44.6 Å². The minimum atomic E-state index is -0.949. The average molecular weight is 560 g/mol. The van der Waals surface area contributed by atoms with Gasteiger partial charge in [0, 0.05) is 4.47 Å². The molecule has 144 valence electrons. The molecule has 0 heterocycles. The molecule has 0 saturated carbocycles. The lowest BCUT2D eigenvalue weighted by Gasteiger charge is -2.09. The first kappa shape index (κ1) is 21.1. The van der Waals surface area contributed by atoms with Gasteiger partial charge in [-0.05, 0) is 81.8 Å². The van der Waals surface area contributed by atoms with Gasteiger partial charge < -0.3 is 9.84 Å². The molecule has 0 fully saturated rings. The molecule has 0 radical (unpaired) electrons. The second kappa shape index (κ2) is 9.72. The van der Waals surface area contributed by atoms with Gasteiger partial charge in [0.05, 0.1) is 20.8 Å². The maximum absolute atomic E-state index is 10.9. The summed E-state index contributed by atoms with van der Waals surface area (Å²) >= 11 is 5.63. The number of benzene rings is 3. The molecule has 3 rings (SSSR count). The molecule has 0 bridgehead atoms. The van der Waals surface area contributed by atoms with Gasteiger partial charge in [-0.15, -0.1) is 0 Å². The summed E-state index contributed by atoms with van der Waals surface area (Å²) in [6.07, 6.45) is 1.85. The third-order valence-electron chi connectivity index (χ3n) is 4.12. The van der Waals surface area contributed by atoms with Crippen LogP contribution >= 0.6 is 38.5 Å². The van der Waals surface area contributed by atoms with Gasteiger partial charge in [-0.2, -0.15) is 5.26 Å². The molecule has 0 aliphatic heterocycles. The van der Waals surface area contributed by atoms with Gasteiger partial charge in [-0.3, -0.25) is 0 Å². The standard InChI is InChI=1S/C23H15BrINO3/c24-20-3-1-2-18(12-20)19(13-26)10-16-6-9-22(21(25)11-16)29-14-15-4-7-17(8-5-15)23(27)28/h1-12H,14H2,(H,27,28)/b19-10-. The first-order valence-corrected chi connectivity index (χ1v) is 10.5. The van der Waals surface area contributed by atoms with Crippen LogP contribution in [0.25, 0.3) is 11.6 Å². The predicted octanol–water partition coefficient (Wildman–Crippen LogP) is 6.40. The summed E-state index contributed by atoms with van der Waals surface area (Å²) in [6.45, 7) is 0.340. The topological polar surface area (TPSA) is 70.3 Å². The van der Waals surface area contributed by atoms with Gasteiger partial charge in [0.1, 0.15) is 12.4 Å². The quantitative estimate of drug-likeness (QED) is 0.216. The Kier molecular flexibility index (Phi) is 7.07. The zero-order valence-electron chi connectivity index (χ0n) is 15.1. The van der Waals surface area contributed by atoms with Crippen LogP contribution in [0.1, 0.15) is 27.0 Å². The van der Waals surface area contributed by atoms with E-state index >= 15 is 0 Å². The van der Waals surface area contributed by atoms with Crippen molar-refractivity contribution in [1.29, 1.82) is 5.26 Å². The number of carboxylic acids is 1. The predicted molar refractivity (Wildman–Crippen MR) is 125 cm³/mol. The largest absolute Gasteiger partial charge is 0.488 e. The highest BCUT2D eigenvalue weighted by Crippen LogP contribution is 2.26. The summed E-state index contributed by atoms with van der Waals surface area (Å²) in [5.74, 6) is -0.221. The molecule has 1 N–H and O–H groups in total. The van der Waals surface area contributed by atoms with Crippen molar-refractivity contribution in [1.82, 2.24) is 0 Å². The van der Waals surface area contributed by atoms with Crippen LogP contribution in [0.5, 0.6) is 5.75 Å². The maximum Gasteiger partial charge on any atom is 0.335 e. The van der Waals surface area contributed by atoms with Crippen molar-refractivity contribution in [2.45, 2.75) is 6.61 Å².